The summed E-state index contributed by atoms with van der Waals surface area (Å²) in [6.07, 6.45) is 3.47. The van der Waals surface area contributed by atoms with E-state index in [0.29, 0.717) is 18.0 Å². The number of amides is 1. The zero-order chi connectivity index (χ0) is 25.7. The van der Waals surface area contributed by atoms with Crippen LogP contribution in [0.5, 0.6) is 0 Å². The second-order valence-corrected chi connectivity index (χ2v) is 11.3. The average molecular weight is 515 g/mol. The molecule has 36 heavy (non-hydrogen) atoms. The Labute approximate surface area is 211 Å². The van der Waals surface area contributed by atoms with Gasteiger partial charge in [0, 0.05) is 26.2 Å². The van der Waals surface area contributed by atoms with Crippen LogP contribution in [0.25, 0.3) is 11.1 Å². The van der Waals surface area contributed by atoms with E-state index in [4.69, 9.17) is 4.42 Å². The number of fused-ring (bicyclic) bond motifs is 1. The van der Waals surface area contributed by atoms with Crippen molar-refractivity contribution in [2.24, 2.45) is 13.0 Å². The molecule has 0 unspecified atom stereocenters. The summed E-state index contributed by atoms with van der Waals surface area (Å²) in [7, 11) is -2.52. The minimum Gasteiger partial charge on any atom is -0.408 e. The molecule has 0 spiro atoms. The molecular weight excluding hydrogens is 480 g/mol. The quantitative estimate of drug-likeness (QED) is 0.401. The van der Waals surface area contributed by atoms with Crippen molar-refractivity contribution >= 4 is 27.0 Å². The Bertz CT molecular complexity index is 1350. The number of nitrogens with zero attached hydrogens (tertiary/aromatic N) is 2. The molecular formula is C26H34N4O5S. The van der Waals surface area contributed by atoms with Gasteiger partial charge < -0.3 is 14.6 Å². The van der Waals surface area contributed by atoms with Crippen LogP contribution in [0.2, 0.25) is 0 Å². The van der Waals surface area contributed by atoms with Gasteiger partial charge in [0.25, 0.3) is 0 Å². The maximum Gasteiger partial charge on any atom is 0.419 e. The predicted molar refractivity (Wildman–Crippen MR) is 138 cm³/mol. The first-order valence-corrected chi connectivity index (χ1v) is 13.9. The lowest BCUT2D eigenvalue weighted by atomic mass is 10.0. The number of benzene rings is 2. The minimum atomic E-state index is -4.06. The van der Waals surface area contributed by atoms with Gasteiger partial charge in [-0.05, 0) is 62.4 Å². The van der Waals surface area contributed by atoms with E-state index < -0.39 is 21.8 Å². The topological polar surface area (TPSA) is 114 Å². The lowest BCUT2D eigenvalue weighted by Crippen LogP contribution is -2.48. The van der Waals surface area contributed by atoms with E-state index in [0.717, 1.165) is 31.6 Å². The Morgan fingerprint density at radius 2 is 1.97 bits per heavy atom. The molecule has 0 aliphatic carbocycles. The number of piperidine rings is 1. The standard InChI is InChI=1S/C26H34N4O5S/c1-19-8-6-14-30(18-19)15-7-13-27-25(31)22(16-20-9-4-3-5-10-20)28-36(33,34)21-11-12-23-24(17-21)35-26(32)29(23)2/h3-5,9-12,17,19,22,28H,6-8,13-16,18H2,1-2H3,(H,27,31)/t19-,22-/m1/s1. The molecule has 2 heterocycles. The van der Waals surface area contributed by atoms with E-state index in [2.05, 4.69) is 21.9 Å². The molecule has 1 aliphatic heterocycles. The van der Waals surface area contributed by atoms with Crippen molar-refractivity contribution < 1.29 is 17.6 Å². The van der Waals surface area contributed by atoms with Gasteiger partial charge in [0.1, 0.15) is 6.04 Å². The highest BCUT2D eigenvalue weighted by Gasteiger charge is 2.27. The fourth-order valence-corrected chi connectivity index (χ4v) is 5.91. The van der Waals surface area contributed by atoms with Crippen molar-refractivity contribution in [2.75, 3.05) is 26.2 Å². The second kappa shape index (κ2) is 11.4. The Morgan fingerprint density at radius 3 is 2.72 bits per heavy atom. The SMILES string of the molecule is C[C@@H]1CCCN(CCCNC(=O)[C@@H](Cc2ccccc2)NS(=O)(=O)c2ccc3c(c2)oc(=O)n3C)C1. The van der Waals surface area contributed by atoms with E-state index in [1.54, 1.807) is 7.05 Å². The van der Waals surface area contributed by atoms with Crippen LogP contribution in [0.15, 0.2) is 62.6 Å². The van der Waals surface area contributed by atoms with Crippen molar-refractivity contribution in [2.45, 2.75) is 43.5 Å². The Hall–Kier alpha value is -2.95. The predicted octanol–water partition coefficient (Wildman–Crippen LogP) is 2.26. The minimum absolute atomic E-state index is 0.0746. The first kappa shape index (κ1) is 26.1. The van der Waals surface area contributed by atoms with Crippen LogP contribution in [0, 0.1) is 5.92 Å². The van der Waals surface area contributed by atoms with Crippen LogP contribution in [-0.2, 0) is 28.3 Å². The van der Waals surface area contributed by atoms with E-state index in [1.807, 2.05) is 30.3 Å². The summed E-state index contributed by atoms with van der Waals surface area (Å²) in [5, 5.41) is 2.91. The molecule has 0 saturated carbocycles. The van der Waals surface area contributed by atoms with Gasteiger partial charge in [-0.15, -0.1) is 0 Å². The summed E-state index contributed by atoms with van der Waals surface area (Å²) >= 11 is 0. The molecule has 3 aromatic rings. The maximum absolute atomic E-state index is 13.2. The highest BCUT2D eigenvalue weighted by Crippen LogP contribution is 2.19. The average Bonchev–Trinajstić information content (AvgIpc) is 3.14. The van der Waals surface area contributed by atoms with E-state index in [1.165, 1.54) is 35.6 Å². The fraction of sp³-hybridized carbons (Fsp3) is 0.462. The molecule has 1 aromatic heterocycles. The molecule has 0 bridgehead atoms. The largest absolute Gasteiger partial charge is 0.419 e. The van der Waals surface area contributed by atoms with Gasteiger partial charge in [-0.25, -0.2) is 13.2 Å². The van der Waals surface area contributed by atoms with Gasteiger partial charge in [-0.2, -0.15) is 4.72 Å². The monoisotopic (exact) mass is 514 g/mol. The molecule has 2 aromatic carbocycles. The molecule has 0 radical (unpaired) electrons. The molecule has 2 N–H and O–H groups in total. The number of hydrogen-bond acceptors (Lipinski definition) is 6. The number of hydrogen-bond donors (Lipinski definition) is 2. The maximum atomic E-state index is 13.2. The van der Waals surface area contributed by atoms with E-state index in [-0.39, 0.29) is 22.8 Å². The first-order chi connectivity index (χ1) is 17.2. The lowest BCUT2D eigenvalue weighted by molar-refractivity contribution is -0.122. The Kier molecular flexibility index (Phi) is 8.28. The van der Waals surface area contributed by atoms with Crippen molar-refractivity contribution in [3.8, 4) is 0 Å². The van der Waals surface area contributed by atoms with Crippen LogP contribution in [-0.4, -0.2) is 56.0 Å². The van der Waals surface area contributed by atoms with Gasteiger partial charge in [0.05, 0.1) is 10.4 Å². The summed E-state index contributed by atoms with van der Waals surface area (Å²) < 4.78 is 35.4. The number of carbonyl (C=O) groups is 1. The number of rotatable bonds is 10. The summed E-state index contributed by atoms with van der Waals surface area (Å²) in [6, 6.07) is 12.5. The van der Waals surface area contributed by atoms with Crippen LogP contribution in [0.3, 0.4) is 0 Å². The third-order valence-electron chi connectivity index (χ3n) is 6.66. The molecule has 1 saturated heterocycles. The first-order valence-electron chi connectivity index (χ1n) is 12.4. The number of carbonyl (C=O) groups excluding carboxylic acids is 1. The zero-order valence-corrected chi connectivity index (χ0v) is 21.6. The molecule has 9 nitrogen and oxygen atoms in total. The summed E-state index contributed by atoms with van der Waals surface area (Å²) in [5.74, 6) is -0.254. The highest BCUT2D eigenvalue weighted by molar-refractivity contribution is 7.89. The van der Waals surface area contributed by atoms with Gasteiger partial charge >= 0.3 is 5.76 Å². The smallest absolute Gasteiger partial charge is 0.408 e. The molecule has 4 rings (SSSR count). The number of likely N-dealkylation sites (tertiary alicyclic amines) is 1. The van der Waals surface area contributed by atoms with E-state index in [9.17, 15) is 18.0 Å². The third-order valence-corrected chi connectivity index (χ3v) is 8.13. The van der Waals surface area contributed by atoms with Crippen LogP contribution in [0.1, 0.15) is 31.7 Å². The third kappa shape index (κ3) is 6.43. The van der Waals surface area contributed by atoms with Crippen molar-refractivity contribution in [1.29, 1.82) is 0 Å². The molecule has 1 aliphatic rings. The van der Waals surface area contributed by atoms with Crippen molar-refractivity contribution in [3.05, 3.63) is 64.6 Å². The Balaban J connectivity index is 1.44. The number of aromatic nitrogens is 1. The van der Waals surface area contributed by atoms with Crippen molar-refractivity contribution in [1.82, 2.24) is 19.5 Å². The Morgan fingerprint density at radius 1 is 1.19 bits per heavy atom. The van der Waals surface area contributed by atoms with Gasteiger partial charge in [-0.3, -0.25) is 9.36 Å². The van der Waals surface area contributed by atoms with Crippen molar-refractivity contribution in [3.63, 3.8) is 0 Å². The zero-order valence-electron chi connectivity index (χ0n) is 20.8. The summed E-state index contributed by atoms with van der Waals surface area (Å²) in [6.45, 7) is 5.80. The number of aryl methyl sites for hydroxylation is 1. The van der Waals surface area contributed by atoms with Crippen LogP contribution < -0.4 is 15.8 Å². The van der Waals surface area contributed by atoms with Gasteiger partial charge in [0.2, 0.25) is 15.9 Å². The van der Waals surface area contributed by atoms with Crippen LogP contribution >= 0.6 is 0 Å². The molecule has 1 fully saturated rings. The van der Waals surface area contributed by atoms with E-state index >= 15 is 0 Å². The molecule has 2 atom stereocenters. The molecule has 10 heteroatoms. The fourth-order valence-electron chi connectivity index (χ4n) is 4.70. The second-order valence-electron chi connectivity index (χ2n) is 9.61. The van der Waals surface area contributed by atoms with Gasteiger partial charge in [0.15, 0.2) is 5.58 Å². The molecule has 194 valence electrons. The normalized spacial score (nSPS) is 17.8. The highest BCUT2D eigenvalue weighted by atomic mass is 32.2. The van der Waals surface area contributed by atoms with Crippen LogP contribution in [0.4, 0.5) is 0 Å². The summed E-state index contributed by atoms with van der Waals surface area (Å²) in [4.78, 5) is 27.2. The lowest BCUT2D eigenvalue weighted by Gasteiger charge is -2.30. The number of nitrogens with one attached hydrogen (secondary N) is 2. The van der Waals surface area contributed by atoms with Gasteiger partial charge in [-0.1, -0.05) is 37.3 Å². The number of sulfonamides is 1. The summed E-state index contributed by atoms with van der Waals surface area (Å²) in [5.41, 5.74) is 1.49. The number of oxazole rings is 1. The molecule has 1 amide bonds.